The van der Waals surface area contributed by atoms with Crippen molar-refractivity contribution >= 4 is 5.90 Å². The molecule has 0 unspecified atom stereocenters. The van der Waals surface area contributed by atoms with Gasteiger partial charge in [0.25, 0.3) is 0 Å². The third kappa shape index (κ3) is 7.91. The number of aromatic hydroxyl groups is 1. The maximum atomic E-state index is 9.66. The molecule has 0 aromatic heterocycles. The second-order valence-corrected chi connectivity index (χ2v) is 5.77. The highest BCUT2D eigenvalue weighted by Gasteiger charge is 2.08. The van der Waals surface area contributed by atoms with Crippen molar-refractivity contribution in [3.8, 4) is 11.5 Å². The molecule has 2 N–H and O–H groups in total. The van der Waals surface area contributed by atoms with Crippen LogP contribution < -0.4 is 4.74 Å². The van der Waals surface area contributed by atoms with E-state index in [2.05, 4.69) is 6.92 Å². The zero-order valence-electron chi connectivity index (χ0n) is 14.6. The van der Waals surface area contributed by atoms with Crippen LogP contribution in [-0.2, 0) is 4.74 Å². The van der Waals surface area contributed by atoms with Crippen molar-refractivity contribution in [2.45, 2.75) is 65.2 Å². The standard InChI is InChI=1S/C19H31NO3/c1-3-5-6-7-8-9-10-11-14-23-19(20)16-12-13-17(21)18(15-16)22-4-2/h12-13,15,20-21H,3-11,14H2,1-2H3. The van der Waals surface area contributed by atoms with Gasteiger partial charge in [-0.2, -0.15) is 0 Å². The van der Waals surface area contributed by atoms with Gasteiger partial charge < -0.3 is 14.6 Å². The van der Waals surface area contributed by atoms with Crippen LogP contribution in [0.2, 0.25) is 0 Å². The van der Waals surface area contributed by atoms with E-state index in [0.29, 0.717) is 24.5 Å². The summed E-state index contributed by atoms with van der Waals surface area (Å²) in [6.45, 7) is 5.13. The van der Waals surface area contributed by atoms with Gasteiger partial charge in [-0.25, -0.2) is 0 Å². The molecule has 1 aromatic carbocycles. The van der Waals surface area contributed by atoms with Crippen molar-refractivity contribution in [1.29, 1.82) is 5.41 Å². The number of hydrogen-bond donors (Lipinski definition) is 2. The Balaban J connectivity index is 2.20. The average Bonchev–Trinajstić information content (AvgIpc) is 2.55. The summed E-state index contributed by atoms with van der Waals surface area (Å²) in [5.41, 5.74) is 0.630. The average molecular weight is 321 g/mol. The van der Waals surface area contributed by atoms with Gasteiger partial charge >= 0.3 is 0 Å². The number of unbranched alkanes of at least 4 members (excludes halogenated alkanes) is 7. The summed E-state index contributed by atoms with van der Waals surface area (Å²) in [6, 6.07) is 4.86. The molecule has 0 radical (unpaired) electrons. The number of ether oxygens (including phenoxy) is 2. The number of nitrogens with one attached hydrogen (secondary N) is 1. The Bertz CT molecular complexity index is 460. The Labute approximate surface area is 140 Å². The lowest BCUT2D eigenvalue weighted by Gasteiger charge is -2.10. The molecule has 4 heteroatoms. The summed E-state index contributed by atoms with van der Waals surface area (Å²) >= 11 is 0. The molecule has 0 spiro atoms. The van der Waals surface area contributed by atoms with Crippen LogP contribution in [0.4, 0.5) is 0 Å². The van der Waals surface area contributed by atoms with E-state index in [1.807, 2.05) is 6.92 Å². The summed E-state index contributed by atoms with van der Waals surface area (Å²) in [5.74, 6) is 0.616. The van der Waals surface area contributed by atoms with Gasteiger partial charge in [0.2, 0.25) is 5.90 Å². The van der Waals surface area contributed by atoms with Gasteiger partial charge in [0.1, 0.15) is 0 Å². The van der Waals surface area contributed by atoms with Gasteiger partial charge in [0.05, 0.1) is 13.2 Å². The monoisotopic (exact) mass is 321 g/mol. The molecule has 0 aliphatic heterocycles. The SMILES string of the molecule is CCCCCCCCCCOC(=N)c1ccc(O)c(OCC)c1. The third-order valence-corrected chi connectivity index (χ3v) is 3.77. The van der Waals surface area contributed by atoms with E-state index in [1.54, 1.807) is 12.1 Å². The van der Waals surface area contributed by atoms with Gasteiger partial charge in [-0.1, -0.05) is 51.9 Å². The highest BCUT2D eigenvalue weighted by molar-refractivity contribution is 5.92. The predicted molar refractivity (Wildman–Crippen MR) is 94.7 cm³/mol. The van der Waals surface area contributed by atoms with Gasteiger partial charge in [-0.3, -0.25) is 5.41 Å². The lowest BCUT2D eigenvalue weighted by atomic mass is 10.1. The highest BCUT2D eigenvalue weighted by Crippen LogP contribution is 2.27. The fraction of sp³-hybridized carbons (Fsp3) is 0.632. The molecule has 0 heterocycles. The predicted octanol–water partition coefficient (Wildman–Crippen LogP) is 5.27. The molecule has 0 saturated carbocycles. The van der Waals surface area contributed by atoms with Crippen molar-refractivity contribution in [2.75, 3.05) is 13.2 Å². The lowest BCUT2D eigenvalue weighted by Crippen LogP contribution is -2.07. The molecule has 0 fully saturated rings. The first-order valence-corrected chi connectivity index (χ1v) is 8.86. The van der Waals surface area contributed by atoms with Crippen LogP contribution in [0.15, 0.2) is 18.2 Å². The molecule has 0 amide bonds. The van der Waals surface area contributed by atoms with E-state index in [1.165, 1.54) is 44.6 Å². The van der Waals surface area contributed by atoms with Crippen LogP contribution in [0, 0.1) is 5.41 Å². The maximum absolute atomic E-state index is 9.66. The molecule has 0 bridgehead atoms. The lowest BCUT2D eigenvalue weighted by molar-refractivity contribution is 0.289. The Hall–Kier alpha value is -1.71. The van der Waals surface area contributed by atoms with E-state index in [4.69, 9.17) is 14.9 Å². The van der Waals surface area contributed by atoms with Crippen molar-refractivity contribution in [1.82, 2.24) is 0 Å². The normalized spacial score (nSPS) is 10.5. The van der Waals surface area contributed by atoms with E-state index >= 15 is 0 Å². The first-order valence-electron chi connectivity index (χ1n) is 8.86. The Morgan fingerprint density at radius 2 is 1.65 bits per heavy atom. The largest absolute Gasteiger partial charge is 0.504 e. The van der Waals surface area contributed by atoms with E-state index in [-0.39, 0.29) is 11.6 Å². The second kappa shape index (κ2) is 11.8. The van der Waals surface area contributed by atoms with Crippen LogP contribution in [-0.4, -0.2) is 24.2 Å². The summed E-state index contributed by atoms with van der Waals surface area (Å²) in [7, 11) is 0. The molecule has 130 valence electrons. The first-order chi connectivity index (χ1) is 11.2. The van der Waals surface area contributed by atoms with Crippen LogP contribution in [0.3, 0.4) is 0 Å². The van der Waals surface area contributed by atoms with Gasteiger partial charge in [-0.15, -0.1) is 0 Å². The number of phenols is 1. The summed E-state index contributed by atoms with van der Waals surface area (Å²) in [6.07, 6.45) is 9.99. The quantitative estimate of drug-likeness (QED) is 0.313. The van der Waals surface area contributed by atoms with Crippen molar-refractivity contribution in [3.63, 3.8) is 0 Å². The van der Waals surface area contributed by atoms with Crippen LogP contribution in [0.1, 0.15) is 70.8 Å². The summed E-state index contributed by atoms with van der Waals surface area (Å²) in [5, 5.41) is 17.6. The fourth-order valence-corrected chi connectivity index (χ4v) is 2.42. The van der Waals surface area contributed by atoms with E-state index in [0.717, 1.165) is 12.8 Å². The summed E-state index contributed by atoms with van der Waals surface area (Å²) in [4.78, 5) is 0. The molecular formula is C19H31NO3. The number of rotatable bonds is 12. The minimum Gasteiger partial charge on any atom is -0.504 e. The Kier molecular flexibility index (Phi) is 9.92. The molecular weight excluding hydrogens is 290 g/mol. The zero-order valence-corrected chi connectivity index (χ0v) is 14.6. The molecule has 0 aliphatic carbocycles. The second-order valence-electron chi connectivity index (χ2n) is 5.77. The number of phenolic OH excluding ortho intramolecular Hbond substituents is 1. The number of benzene rings is 1. The molecule has 1 rings (SSSR count). The van der Waals surface area contributed by atoms with Gasteiger partial charge in [0, 0.05) is 5.56 Å². The minimum absolute atomic E-state index is 0.0893. The molecule has 0 saturated heterocycles. The zero-order chi connectivity index (χ0) is 16.9. The topological polar surface area (TPSA) is 62.5 Å². The summed E-state index contributed by atoms with van der Waals surface area (Å²) < 4.78 is 10.8. The Morgan fingerprint density at radius 1 is 1.00 bits per heavy atom. The number of hydrogen-bond acceptors (Lipinski definition) is 4. The maximum Gasteiger partial charge on any atom is 0.213 e. The Morgan fingerprint density at radius 3 is 2.30 bits per heavy atom. The van der Waals surface area contributed by atoms with E-state index < -0.39 is 0 Å². The van der Waals surface area contributed by atoms with E-state index in [9.17, 15) is 5.11 Å². The highest BCUT2D eigenvalue weighted by atomic mass is 16.5. The fourth-order valence-electron chi connectivity index (χ4n) is 2.42. The van der Waals surface area contributed by atoms with Crippen LogP contribution >= 0.6 is 0 Å². The minimum atomic E-state index is 0.0893. The first kappa shape index (κ1) is 19.3. The molecule has 23 heavy (non-hydrogen) atoms. The van der Waals surface area contributed by atoms with Crippen LogP contribution in [0.5, 0.6) is 11.5 Å². The third-order valence-electron chi connectivity index (χ3n) is 3.77. The van der Waals surface area contributed by atoms with Crippen LogP contribution in [0.25, 0.3) is 0 Å². The van der Waals surface area contributed by atoms with Gasteiger partial charge in [-0.05, 0) is 31.5 Å². The van der Waals surface area contributed by atoms with Crippen molar-refractivity contribution in [2.24, 2.45) is 0 Å². The van der Waals surface area contributed by atoms with Crippen molar-refractivity contribution in [3.05, 3.63) is 23.8 Å². The molecule has 1 aromatic rings. The smallest absolute Gasteiger partial charge is 0.213 e. The molecule has 4 nitrogen and oxygen atoms in total. The molecule has 0 atom stereocenters. The van der Waals surface area contributed by atoms with Gasteiger partial charge in [0.15, 0.2) is 11.5 Å². The molecule has 0 aliphatic rings. The van der Waals surface area contributed by atoms with Crippen molar-refractivity contribution < 1.29 is 14.6 Å².